The van der Waals surface area contributed by atoms with Crippen LogP contribution in [-0.4, -0.2) is 36.2 Å². The molecule has 0 N–H and O–H groups in total. The van der Waals surface area contributed by atoms with Gasteiger partial charge in [-0.25, -0.2) is 4.39 Å². The molecule has 0 spiro atoms. The molecule has 0 atom stereocenters. The lowest BCUT2D eigenvalue weighted by atomic mass is 10.2. The Morgan fingerprint density at radius 1 is 1.00 bits per heavy atom. The van der Waals surface area contributed by atoms with Crippen LogP contribution in [0.2, 0.25) is 0 Å². The molecule has 1 aliphatic heterocycles. The standard InChI is InChI=1S/C18H18FN3O2/c19-14-3-5-16(6-4-14)22-9-7-21(8-10-22)13-15-12-18(24-20-15)17-2-1-11-23-17/h1-6,11-12H,7-10,13H2. The molecule has 3 heterocycles. The summed E-state index contributed by atoms with van der Waals surface area (Å²) in [5, 5.41) is 4.12. The van der Waals surface area contributed by atoms with Crippen molar-refractivity contribution in [2.24, 2.45) is 0 Å². The summed E-state index contributed by atoms with van der Waals surface area (Å²) in [4.78, 5) is 4.61. The van der Waals surface area contributed by atoms with Crippen molar-refractivity contribution >= 4 is 5.69 Å². The van der Waals surface area contributed by atoms with E-state index < -0.39 is 0 Å². The van der Waals surface area contributed by atoms with Gasteiger partial charge in [0, 0.05) is 44.5 Å². The molecule has 0 aliphatic carbocycles. The Hall–Kier alpha value is -2.60. The summed E-state index contributed by atoms with van der Waals surface area (Å²) in [5.74, 6) is 1.14. The Kier molecular flexibility index (Phi) is 4.04. The van der Waals surface area contributed by atoms with Gasteiger partial charge in [-0.05, 0) is 36.4 Å². The number of benzene rings is 1. The molecular weight excluding hydrogens is 309 g/mol. The molecule has 3 aromatic rings. The van der Waals surface area contributed by atoms with Gasteiger partial charge in [0.05, 0.1) is 12.0 Å². The fourth-order valence-corrected chi connectivity index (χ4v) is 2.97. The summed E-state index contributed by atoms with van der Waals surface area (Å²) in [6, 6.07) is 12.3. The van der Waals surface area contributed by atoms with E-state index in [4.69, 9.17) is 8.94 Å². The second-order valence-corrected chi connectivity index (χ2v) is 5.90. The Balaban J connectivity index is 1.34. The van der Waals surface area contributed by atoms with Gasteiger partial charge in [0.1, 0.15) is 5.82 Å². The third kappa shape index (κ3) is 3.19. The van der Waals surface area contributed by atoms with E-state index in [1.54, 1.807) is 6.26 Å². The summed E-state index contributed by atoms with van der Waals surface area (Å²) in [6.07, 6.45) is 1.62. The normalized spacial score (nSPS) is 15.8. The highest BCUT2D eigenvalue weighted by Crippen LogP contribution is 2.22. The molecule has 1 fully saturated rings. The largest absolute Gasteiger partial charge is 0.461 e. The first-order chi connectivity index (χ1) is 11.8. The number of piperazine rings is 1. The summed E-state index contributed by atoms with van der Waals surface area (Å²) >= 11 is 0. The maximum absolute atomic E-state index is 13.0. The van der Waals surface area contributed by atoms with Crippen LogP contribution in [0.1, 0.15) is 5.69 Å². The van der Waals surface area contributed by atoms with E-state index in [0.717, 1.165) is 44.1 Å². The summed E-state index contributed by atoms with van der Waals surface area (Å²) in [6.45, 7) is 4.44. The monoisotopic (exact) mass is 327 g/mol. The van der Waals surface area contributed by atoms with Crippen LogP contribution in [0, 0.1) is 5.82 Å². The quantitative estimate of drug-likeness (QED) is 0.735. The van der Waals surface area contributed by atoms with Crippen LogP contribution in [0.5, 0.6) is 0 Å². The average molecular weight is 327 g/mol. The minimum atomic E-state index is -0.198. The Morgan fingerprint density at radius 3 is 2.50 bits per heavy atom. The molecular formula is C18H18FN3O2. The molecule has 6 heteroatoms. The minimum absolute atomic E-state index is 0.198. The molecule has 2 aromatic heterocycles. The minimum Gasteiger partial charge on any atom is -0.461 e. The molecule has 124 valence electrons. The van der Waals surface area contributed by atoms with Crippen molar-refractivity contribution in [2.75, 3.05) is 31.1 Å². The first-order valence-corrected chi connectivity index (χ1v) is 8.00. The van der Waals surface area contributed by atoms with E-state index in [1.165, 1.54) is 12.1 Å². The van der Waals surface area contributed by atoms with E-state index in [1.807, 2.05) is 30.3 Å². The molecule has 5 nitrogen and oxygen atoms in total. The van der Waals surface area contributed by atoms with Crippen LogP contribution in [0.4, 0.5) is 10.1 Å². The molecule has 24 heavy (non-hydrogen) atoms. The molecule has 0 amide bonds. The van der Waals surface area contributed by atoms with Crippen molar-refractivity contribution < 1.29 is 13.3 Å². The van der Waals surface area contributed by atoms with Gasteiger partial charge in [0.25, 0.3) is 0 Å². The molecule has 4 rings (SSSR count). The van der Waals surface area contributed by atoms with Gasteiger partial charge in [-0.15, -0.1) is 0 Å². The molecule has 0 radical (unpaired) electrons. The van der Waals surface area contributed by atoms with Crippen molar-refractivity contribution in [3.05, 3.63) is 60.2 Å². The first kappa shape index (κ1) is 15.0. The number of anilines is 1. The number of furan rings is 1. The lowest BCUT2D eigenvalue weighted by Crippen LogP contribution is -2.46. The maximum Gasteiger partial charge on any atom is 0.202 e. The second-order valence-electron chi connectivity index (χ2n) is 5.90. The molecule has 1 aliphatic rings. The van der Waals surface area contributed by atoms with Crippen LogP contribution in [0.25, 0.3) is 11.5 Å². The zero-order chi connectivity index (χ0) is 16.4. The highest BCUT2D eigenvalue weighted by atomic mass is 19.1. The van der Waals surface area contributed by atoms with Gasteiger partial charge >= 0.3 is 0 Å². The second kappa shape index (κ2) is 6.49. The fraction of sp³-hybridized carbons (Fsp3) is 0.278. The third-order valence-electron chi connectivity index (χ3n) is 4.27. The van der Waals surface area contributed by atoms with Gasteiger partial charge in [-0.2, -0.15) is 0 Å². The summed E-state index contributed by atoms with van der Waals surface area (Å²) < 4.78 is 23.7. The number of hydrogen-bond acceptors (Lipinski definition) is 5. The van der Waals surface area contributed by atoms with Gasteiger partial charge in [0.2, 0.25) is 5.76 Å². The Morgan fingerprint density at radius 2 is 1.79 bits per heavy atom. The number of rotatable bonds is 4. The molecule has 0 unspecified atom stereocenters. The summed E-state index contributed by atoms with van der Waals surface area (Å²) in [5.41, 5.74) is 1.97. The molecule has 1 aromatic carbocycles. The van der Waals surface area contributed by atoms with Gasteiger partial charge in [-0.3, -0.25) is 4.90 Å². The lowest BCUT2D eigenvalue weighted by Gasteiger charge is -2.35. The van der Waals surface area contributed by atoms with Crippen molar-refractivity contribution in [3.63, 3.8) is 0 Å². The van der Waals surface area contributed by atoms with Crippen LogP contribution in [-0.2, 0) is 6.54 Å². The molecule has 0 saturated carbocycles. The number of nitrogens with zero attached hydrogens (tertiary/aromatic N) is 3. The summed E-state index contributed by atoms with van der Waals surface area (Å²) in [7, 11) is 0. The zero-order valence-corrected chi connectivity index (χ0v) is 13.2. The fourth-order valence-electron chi connectivity index (χ4n) is 2.97. The van der Waals surface area contributed by atoms with E-state index in [9.17, 15) is 4.39 Å². The third-order valence-corrected chi connectivity index (χ3v) is 4.27. The topological polar surface area (TPSA) is 45.7 Å². The van der Waals surface area contributed by atoms with Crippen LogP contribution < -0.4 is 4.90 Å². The highest BCUT2D eigenvalue weighted by Gasteiger charge is 2.19. The first-order valence-electron chi connectivity index (χ1n) is 8.00. The predicted molar refractivity (Wildman–Crippen MR) is 88.1 cm³/mol. The van der Waals surface area contributed by atoms with Gasteiger partial charge in [0.15, 0.2) is 5.76 Å². The SMILES string of the molecule is Fc1ccc(N2CCN(Cc3cc(-c4ccco4)on3)CC2)cc1. The van der Waals surface area contributed by atoms with E-state index in [0.29, 0.717) is 11.5 Å². The van der Waals surface area contributed by atoms with Gasteiger partial charge in [-0.1, -0.05) is 5.16 Å². The van der Waals surface area contributed by atoms with Crippen LogP contribution >= 0.6 is 0 Å². The molecule has 0 bridgehead atoms. The Labute approximate surface area is 139 Å². The van der Waals surface area contributed by atoms with Crippen molar-refractivity contribution in [2.45, 2.75) is 6.54 Å². The number of hydrogen-bond donors (Lipinski definition) is 0. The van der Waals surface area contributed by atoms with Crippen molar-refractivity contribution in [1.82, 2.24) is 10.1 Å². The van der Waals surface area contributed by atoms with Crippen LogP contribution in [0.15, 0.2) is 57.7 Å². The van der Waals surface area contributed by atoms with Crippen molar-refractivity contribution in [3.8, 4) is 11.5 Å². The van der Waals surface area contributed by atoms with Gasteiger partial charge < -0.3 is 13.8 Å². The Bertz CT molecular complexity index is 775. The number of halogens is 1. The average Bonchev–Trinajstić information content (AvgIpc) is 3.28. The molecule has 1 saturated heterocycles. The zero-order valence-electron chi connectivity index (χ0n) is 13.2. The van der Waals surface area contributed by atoms with Crippen molar-refractivity contribution in [1.29, 1.82) is 0 Å². The predicted octanol–water partition coefficient (Wildman–Crippen LogP) is 3.40. The smallest absolute Gasteiger partial charge is 0.202 e. The van der Waals surface area contributed by atoms with Crippen LogP contribution in [0.3, 0.4) is 0 Å². The van der Waals surface area contributed by atoms with E-state index in [2.05, 4.69) is 15.0 Å². The lowest BCUT2D eigenvalue weighted by molar-refractivity contribution is 0.242. The highest BCUT2D eigenvalue weighted by molar-refractivity contribution is 5.49. The number of aromatic nitrogens is 1. The van der Waals surface area contributed by atoms with E-state index >= 15 is 0 Å². The maximum atomic E-state index is 13.0. The van der Waals surface area contributed by atoms with E-state index in [-0.39, 0.29) is 5.82 Å².